The van der Waals surface area contributed by atoms with Crippen LogP contribution in [0.4, 0.5) is 5.69 Å². The third-order valence-electron chi connectivity index (χ3n) is 2.84. The lowest BCUT2D eigenvalue weighted by Gasteiger charge is -2.20. The topological polar surface area (TPSA) is 24.4 Å². The number of amidine groups is 1. The summed E-state index contributed by atoms with van der Waals surface area (Å²) >= 11 is 5.33. The Morgan fingerprint density at radius 2 is 2.00 bits per heavy atom. The summed E-state index contributed by atoms with van der Waals surface area (Å²) < 4.78 is 1.13. The Morgan fingerprint density at radius 3 is 2.59 bits per heavy atom. The van der Waals surface area contributed by atoms with E-state index in [0.29, 0.717) is 6.04 Å². The van der Waals surface area contributed by atoms with Crippen molar-refractivity contribution in [1.29, 1.82) is 0 Å². The van der Waals surface area contributed by atoms with Gasteiger partial charge in [-0.1, -0.05) is 27.7 Å². The highest BCUT2D eigenvalue weighted by Crippen LogP contribution is 2.27. The highest BCUT2D eigenvalue weighted by Gasteiger charge is 2.13. The Morgan fingerprint density at radius 1 is 1.35 bits per heavy atom. The molecule has 0 spiro atoms. The smallest absolute Gasteiger partial charge is 0.161 e. The summed E-state index contributed by atoms with van der Waals surface area (Å²) in [6.45, 7) is 6.41. The zero-order chi connectivity index (χ0) is 12.4. The fraction of sp³-hybridized carbons (Fsp3) is 0.462. The Labute approximate surface area is 115 Å². The molecule has 92 valence electrons. The third-order valence-corrected chi connectivity index (χ3v) is 4.22. The van der Waals surface area contributed by atoms with Crippen molar-refractivity contribution in [3.63, 3.8) is 0 Å². The van der Waals surface area contributed by atoms with E-state index in [1.807, 2.05) is 11.8 Å². The number of aryl methyl sites for hydroxylation is 2. The van der Waals surface area contributed by atoms with Crippen molar-refractivity contribution in [2.75, 3.05) is 11.1 Å². The molecule has 1 N–H and O–H groups in total. The molecule has 1 heterocycles. The second kappa shape index (κ2) is 5.44. The van der Waals surface area contributed by atoms with Crippen molar-refractivity contribution in [2.24, 2.45) is 4.99 Å². The molecule has 0 radical (unpaired) electrons. The van der Waals surface area contributed by atoms with E-state index < -0.39 is 0 Å². The SMILES string of the molecule is Cc1cc(Br)cc(C)c1NC1=NC(C)CCS1. The summed E-state index contributed by atoms with van der Waals surface area (Å²) in [6, 6.07) is 4.70. The van der Waals surface area contributed by atoms with E-state index in [4.69, 9.17) is 0 Å². The predicted molar refractivity (Wildman–Crippen MR) is 81.2 cm³/mol. The molecule has 1 aliphatic heterocycles. The number of aliphatic imine (C=N–C) groups is 1. The van der Waals surface area contributed by atoms with Crippen LogP contribution in [0.25, 0.3) is 0 Å². The molecule has 0 fully saturated rings. The second-order valence-electron chi connectivity index (χ2n) is 4.46. The minimum Gasteiger partial charge on any atom is -0.335 e. The standard InChI is InChI=1S/C13H17BrN2S/c1-8-6-11(14)7-9(2)12(8)16-13-15-10(3)4-5-17-13/h6-7,10H,4-5H2,1-3H3,(H,15,16). The number of thioether (sulfide) groups is 1. The lowest BCUT2D eigenvalue weighted by Crippen LogP contribution is -2.19. The van der Waals surface area contributed by atoms with Gasteiger partial charge in [-0.15, -0.1) is 0 Å². The molecular weight excluding hydrogens is 296 g/mol. The third kappa shape index (κ3) is 3.26. The molecule has 2 nitrogen and oxygen atoms in total. The summed E-state index contributed by atoms with van der Waals surface area (Å²) in [4.78, 5) is 4.64. The van der Waals surface area contributed by atoms with Crippen LogP contribution in [-0.2, 0) is 0 Å². The lowest BCUT2D eigenvalue weighted by molar-refractivity contribution is 0.720. The Kier molecular flexibility index (Phi) is 4.15. The highest BCUT2D eigenvalue weighted by atomic mass is 79.9. The van der Waals surface area contributed by atoms with Gasteiger partial charge < -0.3 is 5.32 Å². The van der Waals surface area contributed by atoms with Crippen LogP contribution in [0.15, 0.2) is 21.6 Å². The minimum atomic E-state index is 0.440. The lowest BCUT2D eigenvalue weighted by atomic mass is 10.1. The fourth-order valence-electron chi connectivity index (χ4n) is 1.91. The van der Waals surface area contributed by atoms with Gasteiger partial charge in [-0.05, 0) is 50.5 Å². The van der Waals surface area contributed by atoms with Crippen molar-refractivity contribution >= 4 is 38.5 Å². The Balaban J connectivity index is 2.24. The monoisotopic (exact) mass is 312 g/mol. The van der Waals surface area contributed by atoms with E-state index >= 15 is 0 Å². The van der Waals surface area contributed by atoms with Crippen LogP contribution in [0.2, 0.25) is 0 Å². The number of hydrogen-bond donors (Lipinski definition) is 1. The quantitative estimate of drug-likeness (QED) is 0.833. The molecule has 0 saturated heterocycles. The molecule has 1 aliphatic rings. The zero-order valence-corrected chi connectivity index (χ0v) is 12.8. The summed E-state index contributed by atoms with van der Waals surface area (Å²) in [7, 11) is 0. The van der Waals surface area contributed by atoms with E-state index in [0.717, 1.165) is 15.4 Å². The maximum absolute atomic E-state index is 4.64. The largest absolute Gasteiger partial charge is 0.335 e. The molecule has 0 amide bonds. The number of hydrogen-bond acceptors (Lipinski definition) is 3. The van der Waals surface area contributed by atoms with Crippen LogP contribution >= 0.6 is 27.7 Å². The van der Waals surface area contributed by atoms with E-state index in [2.05, 4.69) is 59.1 Å². The van der Waals surface area contributed by atoms with Gasteiger partial charge in [-0.3, -0.25) is 4.99 Å². The van der Waals surface area contributed by atoms with Crippen LogP contribution in [0.3, 0.4) is 0 Å². The van der Waals surface area contributed by atoms with Crippen molar-refractivity contribution in [1.82, 2.24) is 0 Å². The highest BCUT2D eigenvalue weighted by molar-refractivity contribution is 9.10. The average molecular weight is 313 g/mol. The molecule has 0 aliphatic carbocycles. The van der Waals surface area contributed by atoms with Crippen molar-refractivity contribution in [2.45, 2.75) is 33.2 Å². The Hall–Kier alpha value is -0.480. The Bertz CT molecular complexity index is 434. The maximum Gasteiger partial charge on any atom is 0.161 e. The van der Waals surface area contributed by atoms with Crippen molar-refractivity contribution in [3.8, 4) is 0 Å². The number of anilines is 1. The van der Waals surface area contributed by atoms with E-state index in [9.17, 15) is 0 Å². The normalized spacial score (nSPS) is 20.0. The molecule has 17 heavy (non-hydrogen) atoms. The summed E-state index contributed by atoms with van der Waals surface area (Å²) in [5.74, 6) is 1.15. The predicted octanol–water partition coefficient (Wildman–Crippen LogP) is 4.36. The summed E-state index contributed by atoms with van der Waals surface area (Å²) in [6.07, 6.45) is 1.17. The molecule has 1 aromatic carbocycles. The van der Waals surface area contributed by atoms with E-state index in [1.54, 1.807) is 0 Å². The maximum atomic E-state index is 4.64. The van der Waals surface area contributed by atoms with Crippen LogP contribution in [0, 0.1) is 13.8 Å². The molecular formula is C13H17BrN2S. The second-order valence-corrected chi connectivity index (χ2v) is 6.46. The number of nitrogens with one attached hydrogen (secondary N) is 1. The van der Waals surface area contributed by atoms with Crippen molar-refractivity contribution in [3.05, 3.63) is 27.7 Å². The summed E-state index contributed by atoms with van der Waals surface area (Å²) in [5, 5.41) is 4.52. The van der Waals surface area contributed by atoms with Gasteiger partial charge in [0, 0.05) is 15.9 Å². The molecule has 2 rings (SSSR count). The number of benzene rings is 1. The van der Waals surface area contributed by atoms with Crippen LogP contribution in [0.1, 0.15) is 24.5 Å². The van der Waals surface area contributed by atoms with Gasteiger partial charge in [0.15, 0.2) is 5.17 Å². The first-order chi connectivity index (χ1) is 8.06. The number of rotatable bonds is 1. The number of nitrogens with zero attached hydrogens (tertiary/aromatic N) is 1. The van der Waals surface area contributed by atoms with Gasteiger partial charge in [0.25, 0.3) is 0 Å². The van der Waals surface area contributed by atoms with Crippen LogP contribution in [0.5, 0.6) is 0 Å². The van der Waals surface area contributed by atoms with Gasteiger partial charge >= 0.3 is 0 Å². The molecule has 1 unspecified atom stereocenters. The van der Waals surface area contributed by atoms with Crippen LogP contribution in [-0.4, -0.2) is 17.0 Å². The molecule has 1 atom stereocenters. The van der Waals surface area contributed by atoms with E-state index in [-0.39, 0.29) is 0 Å². The molecule has 0 bridgehead atoms. The fourth-order valence-corrected chi connectivity index (χ4v) is 3.68. The van der Waals surface area contributed by atoms with Crippen molar-refractivity contribution < 1.29 is 0 Å². The molecule has 1 aromatic rings. The van der Waals surface area contributed by atoms with E-state index in [1.165, 1.54) is 23.2 Å². The van der Waals surface area contributed by atoms with Gasteiger partial charge in [0.05, 0.1) is 6.04 Å². The first-order valence-corrected chi connectivity index (χ1v) is 7.58. The van der Waals surface area contributed by atoms with Gasteiger partial charge in [0.1, 0.15) is 0 Å². The molecule has 0 saturated carbocycles. The first-order valence-electron chi connectivity index (χ1n) is 5.80. The summed E-state index contributed by atoms with van der Waals surface area (Å²) in [5.41, 5.74) is 3.69. The van der Waals surface area contributed by atoms with Gasteiger partial charge in [0.2, 0.25) is 0 Å². The first kappa shape index (κ1) is 13.0. The number of halogens is 1. The van der Waals surface area contributed by atoms with Gasteiger partial charge in [-0.25, -0.2) is 0 Å². The van der Waals surface area contributed by atoms with Crippen LogP contribution < -0.4 is 5.32 Å². The van der Waals surface area contributed by atoms with Gasteiger partial charge in [-0.2, -0.15) is 0 Å². The molecule has 4 heteroatoms. The zero-order valence-electron chi connectivity index (χ0n) is 10.4. The minimum absolute atomic E-state index is 0.440. The molecule has 0 aromatic heterocycles. The average Bonchev–Trinajstić information content (AvgIpc) is 2.23.